The van der Waals surface area contributed by atoms with Crippen LogP contribution in [0.15, 0.2) is 61.2 Å². The minimum absolute atomic E-state index is 0.00420. The van der Waals surface area contributed by atoms with Crippen molar-refractivity contribution < 1.29 is 28.8 Å². The molecule has 18 heteroatoms. The SMILES string of the molecule is CNc1cc(Cc2ccc(OCCOC)cc2[N+](=O)[O-])ncn1.CNc1cc(Cl)ncn1.COCCOc1ccc(N)c([N+](=O)[O-])c1. The summed E-state index contributed by atoms with van der Waals surface area (Å²) in [5.41, 5.74) is 6.66. The zero-order valence-electron chi connectivity index (χ0n) is 26.2. The van der Waals surface area contributed by atoms with Gasteiger partial charge < -0.3 is 35.3 Å². The lowest BCUT2D eigenvalue weighted by molar-refractivity contribution is -0.385. The van der Waals surface area contributed by atoms with E-state index in [9.17, 15) is 20.2 Å². The van der Waals surface area contributed by atoms with E-state index in [1.165, 1.54) is 30.9 Å². The number of rotatable bonds is 14. The molecular weight excluding hydrogens is 638 g/mol. The third kappa shape index (κ3) is 13.6. The summed E-state index contributed by atoms with van der Waals surface area (Å²) in [5.74, 6) is 2.25. The van der Waals surface area contributed by atoms with Gasteiger partial charge >= 0.3 is 0 Å². The molecule has 0 saturated heterocycles. The third-order valence-electron chi connectivity index (χ3n) is 5.81. The number of ether oxygens (including phenoxy) is 4. The predicted octanol–water partition coefficient (Wildman–Crippen LogP) is 4.42. The Morgan fingerprint density at radius 3 is 1.79 bits per heavy atom. The second-order valence-electron chi connectivity index (χ2n) is 9.01. The second kappa shape index (κ2) is 20.6. The molecule has 252 valence electrons. The first-order valence-electron chi connectivity index (χ1n) is 13.8. The van der Waals surface area contributed by atoms with Crippen LogP contribution < -0.4 is 25.8 Å². The van der Waals surface area contributed by atoms with Crippen molar-refractivity contribution in [3.63, 3.8) is 0 Å². The summed E-state index contributed by atoms with van der Waals surface area (Å²) < 4.78 is 20.3. The Hall–Kier alpha value is -5.39. The van der Waals surface area contributed by atoms with Crippen LogP contribution >= 0.6 is 11.6 Å². The molecule has 0 fully saturated rings. The summed E-state index contributed by atoms with van der Waals surface area (Å²) in [6.07, 6.45) is 3.18. The van der Waals surface area contributed by atoms with E-state index < -0.39 is 9.85 Å². The molecule has 4 aromatic rings. The molecule has 0 atom stereocenters. The van der Waals surface area contributed by atoms with Gasteiger partial charge in [-0.2, -0.15) is 0 Å². The molecule has 0 aliphatic carbocycles. The smallest absolute Gasteiger partial charge is 0.295 e. The van der Waals surface area contributed by atoms with Crippen LogP contribution in [0.3, 0.4) is 0 Å². The van der Waals surface area contributed by atoms with Crippen LogP contribution in [-0.2, 0) is 15.9 Å². The van der Waals surface area contributed by atoms with Crippen molar-refractivity contribution >= 4 is 40.3 Å². The number of methoxy groups -OCH3 is 2. The molecule has 2 heterocycles. The summed E-state index contributed by atoms with van der Waals surface area (Å²) in [5, 5.41) is 28.0. The fourth-order valence-corrected chi connectivity index (χ4v) is 3.65. The molecule has 0 aliphatic rings. The number of nitrogens with one attached hydrogen (secondary N) is 2. The number of nitrogens with two attached hydrogens (primary N) is 1. The van der Waals surface area contributed by atoms with Gasteiger partial charge in [-0.15, -0.1) is 0 Å². The Bertz CT molecular complexity index is 1580. The monoisotopic (exact) mass is 673 g/mol. The first-order chi connectivity index (χ1) is 22.6. The van der Waals surface area contributed by atoms with Crippen LogP contribution in [-0.4, -0.2) is 84.5 Å². The molecule has 4 N–H and O–H groups in total. The molecule has 0 aliphatic heterocycles. The third-order valence-corrected chi connectivity index (χ3v) is 6.01. The van der Waals surface area contributed by atoms with Gasteiger partial charge in [-0.25, -0.2) is 19.9 Å². The fourth-order valence-electron chi connectivity index (χ4n) is 3.51. The average Bonchev–Trinajstić information content (AvgIpc) is 3.07. The molecule has 47 heavy (non-hydrogen) atoms. The highest BCUT2D eigenvalue weighted by Crippen LogP contribution is 2.27. The number of hydrogen-bond donors (Lipinski definition) is 3. The van der Waals surface area contributed by atoms with E-state index in [0.717, 1.165) is 5.82 Å². The maximum absolute atomic E-state index is 11.3. The Balaban J connectivity index is 0.000000273. The highest BCUT2D eigenvalue weighted by molar-refractivity contribution is 6.29. The molecule has 0 radical (unpaired) electrons. The van der Waals surface area contributed by atoms with E-state index in [1.54, 1.807) is 58.6 Å². The van der Waals surface area contributed by atoms with Crippen LogP contribution in [0.2, 0.25) is 5.15 Å². The minimum atomic E-state index is -0.543. The molecular formula is C29H36ClN9O8. The molecule has 17 nitrogen and oxygen atoms in total. The van der Waals surface area contributed by atoms with Crippen molar-refractivity contribution in [1.82, 2.24) is 19.9 Å². The van der Waals surface area contributed by atoms with E-state index in [0.29, 0.717) is 66.6 Å². The van der Waals surface area contributed by atoms with Crippen LogP contribution in [0, 0.1) is 20.2 Å². The molecule has 2 aromatic carbocycles. The zero-order chi connectivity index (χ0) is 34.6. The van der Waals surface area contributed by atoms with E-state index in [2.05, 4.69) is 30.6 Å². The molecule has 0 amide bonds. The Morgan fingerprint density at radius 2 is 1.28 bits per heavy atom. The lowest BCUT2D eigenvalue weighted by Crippen LogP contribution is -2.05. The molecule has 0 spiro atoms. The molecule has 4 rings (SSSR count). The molecule has 0 saturated carbocycles. The van der Waals surface area contributed by atoms with Crippen LogP contribution in [0.1, 0.15) is 11.3 Å². The number of benzene rings is 2. The van der Waals surface area contributed by atoms with E-state index >= 15 is 0 Å². The minimum Gasteiger partial charge on any atom is -0.491 e. The number of nitrogen functional groups attached to an aromatic ring is 1. The Morgan fingerprint density at radius 1 is 0.745 bits per heavy atom. The van der Waals surface area contributed by atoms with E-state index in [1.807, 2.05) is 0 Å². The van der Waals surface area contributed by atoms with Gasteiger partial charge in [0, 0.05) is 52.4 Å². The van der Waals surface area contributed by atoms with Gasteiger partial charge in [-0.3, -0.25) is 20.2 Å². The maximum atomic E-state index is 11.3. The largest absolute Gasteiger partial charge is 0.491 e. The van der Waals surface area contributed by atoms with Crippen LogP contribution in [0.5, 0.6) is 11.5 Å². The number of nitro groups is 2. The number of aromatic nitrogens is 4. The number of nitrogens with zero attached hydrogens (tertiary/aromatic N) is 6. The Kier molecular flexibility index (Phi) is 16.6. The summed E-state index contributed by atoms with van der Waals surface area (Å²) in [7, 11) is 6.64. The molecule has 0 bridgehead atoms. The number of halogens is 1. The summed E-state index contributed by atoms with van der Waals surface area (Å²) in [4.78, 5) is 36.6. The van der Waals surface area contributed by atoms with E-state index in [-0.39, 0.29) is 17.1 Å². The topological polar surface area (TPSA) is 225 Å². The van der Waals surface area contributed by atoms with Crippen molar-refractivity contribution in [3.05, 3.63) is 97.8 Å². The summed E-state index contributed by atoms with van der Waals surface area (Å²) in [6.45, 7) is 1.53. The standard InChI is InChI=1S/C15H18N4O4.C9H12N2O4.C5H6ClN3/c1-16-15-8-12(17-10-18-15)7-11-3-4-13(23-6-5-22-2)9-14(11)19(20)21;1-14-4-5-15-7-2-3-8(10)9(6-7)11(12)13;1-7-5-2-4(6)8-3-9-5/h3-4,8-10H,5-7H2,1-2H3,(H,16,17,18);2-3,6H,4-5,10H2,1H3;2-3H,1H3,(H,7,8,9). The van der Waals surface area contributed by atoms with Gasteiger partial charge in [0.1, 0.15) is 59.8 Å². The number of hydrogen-bond acceptors (Lipinski definition) is 15. The molecule has 2 aromatic heterocycles. The van der Waals surface area contributed by atoms with Crippen molar-refractivity contribution in [2.75, 3.05) is 71.1 Å². The summed E-state index contributed by atoms with van der Waals surface area (Å²) in [6, 6.07) is 12.5. The van der Waals surface area contributed by atoms with Crippen molar-refractivity contribution in [2.24, 2.45) is 0 Å². The van der Waals surface area contributed by atoms with Gasteiger partial charge in [0.2, 0.25) is 0 Å². The maximum Gasteiger partial charge on any atom is 0.295 e. The first-order valence-corrected chi connectivity index (χ1v) is 14.2. The lowest BCUT2D eigenvalue weighted by atomic mass is 10.1. The first kappa shape index (κ1) is 37.8. The lowest BCUT2D eigenvalue weighted by Gasteiger charge is -2.08. The van der Waals surface area contributed by atoms with Crippen molar-refractivity contribution in [1.29, 1.82) is 0 Å². The van der Waals surface area contributed by atoms with Crippen LogP contribution in [0.25, 0.3) is 0 Å². The average molecular weight is 674 g/mol. The number of nitro benzene ring substituents is 2. The normalized spacial score (nSPS) is 9.98. The van der Waals surface area contributed by atoms with Crippen molar-refractivity contribution in [3.8, 4) is 11.5 Å². The van der Waals surface area contributed by atoms with Crippen molar-refractivity contribution in [2.45, 2.75) is 6.42 Å². The van der Waals surface area contributed by atoms with Gasteiger partial charge in [0.15, 0.2) is 0 Å². The fraction of sp³-hybridized carbons (Fsp3) is 0.310. The Labute approximate surface area is 275 Å². The van der Waals surface area contributed by atoms with E-state index in [4.69, 9.17) is 36.3 Å². The predicted molar refractivity (Wildman–Crippen MR) is 176 cm³/mol. The quantitative estimate of drug-likeness (QED) is 0.0553. The van der Waals surface area contributed by atoms with Gasteiger partial charge in [0.25, 0.3) is 11.4 Å². The zero-order valence-corrected chi connectivity index (χ0v) is 27.0. The van der Waals surface area contributed by atoms with Crippen LogP contribution in [0.4, 0.5) is 28.7 Å². The highest BCUT2D eigenvalue weighted by Gasteiger charge is 2.16. The highest BCUT2D eigenvalue weighted by atomic mass is 35.5. The second-order valence-corrected chi connectivity index (χ2v) is 9.39. The number of anilines is 3. The van der Waals surface area contributed by atoms with Gasteiger partial charge in [-0.1, -0.05) is 11.6 Å². The molecule has 0 unspecified atom stereocenters. The van der Waals surface area contributed by atoms with Gasteiger partial charge in [-0.05, 0) is 24.3 Å². The van der Waals surface area contributed by atoms with Gasteiger partial charge in [0.05, 0.1) is 40.9 Å². The summed E-state index contributed by atoms with van der Waals surface area (Å²) >= 11 is 5.53.